The number of hydrogen-bond donors (Lipinski definition) is 6. The highest BCUT2D eigenvalue weighted by atomic mass is 35.5. The number of thiophene rings is 1. The molecule has 558 valence electrons. The highest BCUT2D eigenvalue weighted by Crippen LogP contribution is 2.49. The first kappa shape index (κ1) is 76.7. The van der Waals surface area contributed by atoms with Crippen LogP contribution >= 0.6 is 22.9 Å². The summed E-state index contributed by atoms with van der Waals surface area (Å²) in [6.07, 6.45) is 5.40. The van der Waals surface area contributed by atoms with Crippen molar-refractivity contribution in [2.24, 2.45) is 17.1 Å². The van der Waals surface area contributed by atoms with Crippen LogP contribution in [0.15, 0.2) is 127 Å². The molecule has 6 heterocycles. The molecule has 5 aromatic carbocycles. The van der Waals surface area contributed by atoms with Gasteiger partial charge in [-0.1, -0.05) is 76.6 Å². The van der Waals surface area contributed by atoms with Crippen LogP contribution < -0.4 is 41.0 Å². The van der Waals surface area contributed by atoms with Crippen LogP contribution in [0.25, 0.3) is 31.9 Å². The van der Waals surface area contributed by atoms with Crippen LogP contribution in [0.1, 0.15) is 122 Å². The van der Waals surface area contributed by atoms with Gasteiger partial charge >= 0.3 is 12.2 Å². The Morgan fingerprint density at radius 2 is 1.45 bits per heavy atom. The van der Waals surface area contributed by atoms with Gasteiger partial charge in [0, 0.05) is 134 Å². The van der Waals surface area contributed by atoms with Gasteiger partial charge in [-0.05, 0) is 146 Å². The summed E-state index contributed by atoms with van der Waals surface area (Å²) in [5, 5.41) is 12.5. The maximum atomic E-state index is 14.8. The number of rotatable bonds is 31. The molecular weight excluding hydrogens is 1390 g/mol. The van der Waals surface area contributed by atoms with Gasteiger partial charge in [0.15, 0.2) is 5.75 Å². The number of benzene rings is 5. The highest BCUT2D eigenvalue weighted by molar-refractivity contribution is 7.17. The van der Waals surface area contributed by atoms with E-state index < -0.39 is 59.9 Å². The summed E-state index contributed by atoms with van der Waals surface area (Å²) in [7, 11) is 3.19. The van der Waals surface area contributed by atoms with E-state index in [2.05, 4.69) is 30.8 Å². The molecule has 0 radical (unpaired) electrons. The molecule has 0 unspecified atom stereocenters. The van der Waals surface area contributed by atoms with Crippen LogP contribution in [0.2, 0.25) is 0 Å². The molecule has 0 saturated carbocycles. The molecule has 3 aliphatic rings. The minimum absolute atomic E-state index is 0.0286. The topological polar surface area (TPSA) is 312 Å². The van der Waals surface area contributed by atoms with Gasteiger partial charge in [0.2, 0.25) is 23.6 Å². The number of anilines is 3. The first-order valence-corrected chi connectivity index (χ1v) is 37.2. The molecule has 25 nitrogen and oxygen atoms in total. The number of amides is 10. The average Bonchev–Trinajstić information content (AvgIpc) is 1.57. The number of likely N-dealkylation sites (tertiary alicyclic amines) is 1. The minimum Gasteiger partial charge on any atom is -0.492 e. The number of fused-ring (bicyclic) bond motifs is 5. The molecule has 3 aliphatic heterocycles. The normalized spacial score (nSPS) is 14.9. The lowest BCUT2D eigenvalue weighted by molar-refractivity contribution is -0.137. The van der Waals surface area contributed by atoms with Crippen molar-refractivity contribution in [3.8, 4) is 11.5 Å². The Bertz CT molecular complexity index is 4620. The van der Waals surface area contributed by atoms with E-state index in [-0.39, 0.29) is 98.4 Å². The van der Waals surface area contributed by atoms with E-state index >= 15 is 0 Å². The first-order valence-electron chi connectivity index (χ1n) is 35.8. The van der Waals surface area contributed by atoms with Gasteiger partial charge in [-0.15, -0.1) is 22.9 Å². The summed E-state index contributed by atoms with van der Waals surface area (Å²) in [6.45, 7) is 13.3. The van der Waals surface area contributed by atoms with E-state index in [9.17, 15) is 47.9 Å². The van der Waals surface area contributed by atoms with Crippen LogP contribution in [0, 0.1) is 18.3 Å². The van der Waals surface area contributed by atoms with Crippen LogP contribution in [0.4, 0.5) is 26.7 Å². The van der Waals surface area contributed by atoms with E-state index in [0.29, 0.717) is 71.5 Å². The van der Waals surface area contributed by atoms with E-state index in [1.807, 2.05) is 70.3 Å². The van der Waals surface area contributed by atoms with Gasteiger partial charge < -0.3 is 60.1 Å². The number of carbonyl (C=O) groups excluding carboxylic acids is 10. The fourth-order valence-corrected chi connectivity index (χ4v) is 15.2. The highest BCUT2D eigenvalue weighted by Gasteiger charge is 2.38. The molecule has 0 bridgehead atoms. The number of H-pyrrole nitrogens is 2. The second-order valence-electron chi connectivity index (χ2n) is 28.8. The third-order valence-electron chi connectivity index (χ3n) is 19.1. The zero-order chi connectivity index (χ0) is 75.5. The number of alkyl halides is 1. The predicted octanol–water partition coefficient (Wildman–Crippen LogP) is 11.2. The lowest BCUT2D eigenvalue weighted by Gasteiger charge is -2.33. The zero-order valence-corrected chi connectivity index (χ0v) is 62.3. The molecule has 11 rings (SSSR count). The number of nitrogens with one attached hydrogen (secondary N) is 5. The van der Waals surface area contributed by atoms with Gasteiger partial charge in [0.25, 0.3) is 23.6 Å². The SMILES string of the molecule is Cc1csc2c(OC(=O)N(C)CC(C)(C)CN(C)C(=O)OCc3ccc(N(CC(=O)NC(=O)[C@H](Cc4ccccc4)NC(=O)CCCCCN4C(=O)C=CC4=O)C(=O)[C@@H](N)CC(C)C)cc3)cc3c(c12)[C@H](CCl)CN3C(=O)c1cc2cc(NC(=O)c3cc4cc(OCCN5CCCC5)ccc4[nH]3)ccc2[nH]1. The van der Waals surface area contributed by atoms with Crippen molar-refractivity contribution in [1.29, 1.82) is 0 Å². The van der Waals surface area contributed by atoms with Crippen molar-refractivity contribution in [2.45, 2.75) is 111 Å². The molecule has 3 atom stereocenters. The molecule has 1 saturated heterocycles. The van der Waals surface area contributed by atoms with Crippen LogP contribution in [-0.4, -0.2) is 180 Å². The summed E-state index contributed by atoms with van der Waals surface area (Å²) < 4.78 is 18.8. The second kappa shape index (κ2) is 34.2. The van der Waals surface area contributed by atoms with Crippen LogP contribution in [0.3, 0.4) is 0 Å². The van der Waals surface area contributed by atoms with Crippen molar-refractivity contribution < 1.29 is 62.2 Å². The number of halogens is 1. The maximum absolute atomic E-state index is 14.8. The fourth-order valence-electron chi connectivity index (χ4n) is 14.0. The molecular formula is C79H91ClN12O13S. The Balaban J connectivity index is 0.680. The minimum atomic E-state index is -1.16. The smallest absolute Gasteiger partial charge is 0.415 e. The molecule has 7 N–H and O–H groups in total. The molecule has 8 aromatic rings. The molecule has 3 aromatic heterocycles. The lowest BCUT2D eigenvalue weighted by Crippen LogP contribution is -2.53. The number of ether oxygens (including phenoxy) is 3. The number of nitrogens with two attached hydrogens (primary N) is 1. The predicted molar refractivity (Wildman–Crippen MR) is 408 cm³/mol. The summed E-state index contributed by atoms with van der Waals surface area (Å²) in [6, 6.07) is 29.6. The lowest BCUT2D eigenvalue weighted by atomic mass is 9.92. The Morgan fingerprint density at radius 3 is 2.16 bits per heavy atom. The molecule has 10 amide bonds. The molecule has 0 spiro atoms. The van der Waals surface area contributed by atoms with E-state index in [1.54, 1.807) is 97.9 Å². The molecule has 0 aliphatic carbocycles. The number of imide groups is 2. The molecule has 27 heteroatoms. The number of hydrogen-bond acceptors (Lipinski definition) is 16. The Labute approximate surface area is 624 Å². The number of aromatic amines is 2. The molecule has 106 heavy (non-hydrogen) atoms. The van der Waals surface area contributed by atoms with Gasteiger partial charge in [0.05, 0.1) is 16.4 Å². The number of nitrogens with zero attached hydrogens (tertiary/aromatic N) is 6. The third-order valence-corrected chi connectivity index (χ3v) is 20.6. The standard InChI is InChI=1S/C79H91ClN12O13S/c1-48(2)34-58(81)75(99)91(43-67(94)86-74(98)61(35-50-16-10-8-11-17-50)85-66(93)18-12-9-13-31-90-68(95)27-28-69(90)96)56-22-19-51(20-23-56)44-104-77(101)87(6)46-79(4,5)47-88(7)78(102)105-65-40-64-71(70-49(3)45-106-72(65)70)54(41-80)42-92(64)76(100)63-39-52-36-55(21-25-59(52)84-63)82-73(97)62-38-53-37-57(24-26-60(53)83-62)103-33-32-89-29-14-15-30-89/h8,10-11,16-17,19-28,36-40,45,48,54,58,61,83-84H,9,12-15,18,29-35,41-44,46-47,81H2,1-7H3,(H,82,97)(H,85,93)(H,86,94,98)/t54-,58+,61+/m1/s1. The number of carbonyl (C=O) groups is 10. The van der Waals surface area contributed by atoms with Crippen molar-refractivity contribution in [3.05, 3.63) is 160 Å². The van der Waals surface area contributed by atoms with Gasteiger partial charge in [0.1, 0.15) is 42.9 Å². The van der Waals surface area contributed by atoms with Crippen LogP contribution in [-0.2, 0) is 46.5 Å². The van der Waals surface area contributed by atoms with Crippen molar-refractivity contribution in [2.75, 3.05) is 94.1 Å². The monoisotopic (exact) mass is 1480 g/mol. The quantitative estimate of drug-likeness (QED) is 0.0134. The average molecular weight is 1480 g/mol. The van der Waals surface area contributed by atoms with Gasteiger partial charge in [-0.3, -0.25) is 53.5 Å². The summed E-state index contributed by atoms with van der Waals surface area (Å²) in [5.41, 5.74) is 12.4. The largest absolute Gasteiger partial charge is 0.492 e. The fraction of sp³-hybridized carbons (Fsp3) is 0.392. The molecule has 1 fully saturated rings. The zero-order valence-electron chi connectivity index (χ0n) is 60.7. The summed E-state index contributed by atoms with van der Waals surface area (Å²) in [5.74, 6) is -3.00. The van der Waals surface area contributed by atoms with E-state index in [4.69, 9.17) is 31.5 Å². The summed E-state index contributed by atoms with van der Waals surface area (Å²) in [4.78, 5) is 151. The maximum Gasteiger partial charge on any atom is 0.415 e. The van der Waals surface area contributed by atoms with Crippen molar-refractivity contribution in [1.82, 2.24) is 40.2 Å². The van der Waals surface area contributed by atoms with Gasteiger partial charge in [-0.25, -0.2) is 9.59 Å². The Morgan fingerprint density at radius 1 is 0.774 bits per heavy atom. The number of aryl methyl sites for hydroxylation is 1. The van der Waals surface area contributed by atoms with E-state index in [0.717, 1.165) is 68.0 Å². The van der Waals surface area contributed by atoms with Gasteiger partial charge in [-0.2, -0.15) is 0 Å². The summed E-state index contributed by atoms with van der Waals surface area (Å²) >= 11 is 8.12. The third kappa shape index (κ3) is 19.0. The Kier molecular flexibility index (Phi) is 24.8. The second-order valence-corrected chi connectivity index (χ2v) is 30.0. The Hall–Kier alpha value is -10.4. The van der Waals surface area contributed by atoms with Crippen LogP contribution in [0.5, 0.6) is 11.5 Å². The number of unbranched alkanes of at least 4 members (excludes halogenated alkanes) is 2. The first-order chi connectivity index (χ1) is 50.8. The van der Waals surface area contributed by atoms with Crippen molar-refractivity contribution >= 4 is 131 Å². The van der Waals surface area contributed by atoms with E-state index in [1.165, 1.54) is 51.0 Å². The number of aromatic nitrogens is 2. The van der Waals surface area contributed by atoms with Crippen molar-refractivity contribution in [3.63, 3.8) is 0 Å².